The average Bonchev–Trinajstić information content (AvgIpc) is 2.99. The minimum atomic E-state index is -0.280. The van der Waals surface area contributed by atoms with Gasteiger partial charge in [0.25, 0.3) is 0 Å². The van der Waals surface area contributed by atoms with Gasteiger partial charge in [0, 0.05) is 18.5 Å². The molecule has 0 bridgehead atoms. The molecule has 4 rings (SSSR count). The first-order chi connectivity index (χ1) is 12.1. The van der Waals surface area contributed by atoms with Crippen LogP contribution in [0.2, 0.25) is 0 Å². The highest BCUT2D eigenvalue weighted by Crippen LogP contribution is 2.30. The van der Waals surface area contributed by atoms with E-state index in [2.05, 4.69) is 38.1 Å². The number of nitrogens with zero attached hydrogens (tertiary/aromatic N) is 2. The molecule has 0 fully saturated rings. The van der Waals surface area contributed by atoms with Crippen molar-refractivity contribution >= 4 is 28.6 Å². The highest BCUT2D eigenvalue weighted by Gasteiger charge is 2.22. The molecule has 7 heteroatoms. The molecule has 1 aliphatic heterocycles. The summed E-state index contributed by atoms with van der Waals surface area (Å²) in [7, 11) is 0. The summed E-state index contributed by atoms with van der Waals surface area (Å²) in [5.74, 6) is 1.34. The second-order valence-corrected chi connectivity index (χ2v) is 6.43. The van der Waals surface area contributed by atoms with Gasteiger partial charge in [0.2, 0.25) is 0 Å². The quantitative estimate of drug-likeness (QED) is 0.591. The Balaban J connectivity index is 1.52. The number of amides is 2. The van der Waals surface area contributed by atoms with Gasteiger partial charge in [-0.15, -0.1) is 0 Å². The average molecular weight is 336 g/mol. The molecular formula is C18H20N6O. The van der Waals surface area contributed by atoms with Gasteiger partial charge in [-0.3, -0.25) is 10.4 Å². The summed E-state index contributed by atoms with van der Waals surface area (Å²) in [6, 6.07) is 11.5. The molecule has 25 heavy (non-hydrogen) atoms. The largest absolute Gasteiger partial charge is 0.365 e. The number of carbonyl (C=O) groups is 1. The van der Waals surface area contributed by atoms with Crippen LogP contribution in [0, 0.1) is 0 Å². The fourth-order valence-electron chi connectivity index (χ4n) is 3.19. The number of aromatic nitrogens is 3. The maximum absolute atomic E-state index is 12.3. The first-order valence-electron chi connectivity index (χ1n) is 8.37. The van der Waals surface area contributed by atoms with Gasteiger partial charge in [-0.1, -0.05) is 30.3 Å². The van der Waals surface area contributed by atoms with Crippen molar-refractivity contribution in [2.75, 3.05) is 10.6 Å². The Labute approximate surface area is 145 Å². The molecule has 1 aromatic carbocycles. The number of carbonyl (C=O) groups excluding carboxylic acids is 1. The smallest absolute Gasteiger partial charge is 0.320 e. The molecule has 4 N–H and O–H groups in total. The van der Waals surface area contributed by atoms with Gasteiger partial charge in [-0.2, -0.15) is 5.10 Å². The first-order valence-corrected chi connectivity index (χ1v) is 8.37. The lowest BCUT2D eigenvalue weighted by Crippen LogP contribution is -2.31. The minimum absolute atomic E-state index is 0.0914. The van der Waals surface area contributed by atoms with E-state index >= 15 is 0 Å². The molecule has 0 aliphatic carbocycles. The van der Waals surface area contributed by atoms with Gasteiger partial charge >= 0.3 is 6.03 Å². The molecule has 128 valence electrons. The van der Waals surface area contributed by atoms with Crippen molar-refractivity contribution in [3.05, 3.63) is 47.7 Å². The molecule has 7 nitrogen and oxygen atoms in total. The van der Waals surface area contributed by atoms with Crippen molar-refractivity contribution in [2.45, 2.75) is 32.4 Å². The second kappa shape index (κ2) is 6.08. The molecule has 2 amide bonds. The number of hydrogen-bond acceptors (Lipinski definition) is 4. The third kappa shape index (κ3) is 3.00. The van der Waals surface area contributed by atoms with Crippen LogP contribution in [0.1, 0.15) is 31.1 Å². The number of benzene rings is 1. The molecule has 0 spiro atoms. The van der Waals surface area contributed by atoms with Crippen LogP contribution in [-0.2, 0) is 6.42 Å². The Kier molecular flexibility index (Phi) is 3.76. The van der Waals surface area contributed by atoms with E-state index < -0.39 is 0 Å². The Morgan fingerprint density at radius 3 is 2.92 bits per heavy atom. The summed E-state index contributed by atoms with van der Waals surface area (Å²) in [5, 5.41) is 17.4. The number of hydrogen-bond donors (Lipinski definition) is 4. The molecule has 0 saturated carbocycles. The zero-order chi connectivity index (χ0) is 17.4. The number of anilines is 2. The standard InChI is InChI=1S/C18H20N6O/c1-10-8-13-16-14(23-24-17(16)19-10)9-15(21-13)22-18(25)20-11(2)12-6-4-3-5-7-12/h3-7,9-11H,8H2,1-2H3,(H2,19,23,24)(H2,20,21,22,25)/t10-,11-/m0/s1. The zero-order valence-corrected chi connectivity index (χ0v) is 14.1. The molecule has 0 saturated heterocycles. The Bertz CT molecular complexity index is 920. The van der Waals surface area contributed by atoms with Crippen LogP contribution in [0.25, 0.3) is 10.9 Å². The van der Waals surface area contributed by atoms with Crippen molar-refractivity contribution < 1.29 is 4.79 Å². The van der Waals surface area contributed by atoms with Crippen LogP contribution in [-0.4, -0.2) is 27.3 Å². The van der Waals surface area contributed by atoms with Gasteiger partial charge in [-0.05, 0) is 19.4 Å². The fourth-order valence-corrected chi connectivity index (χ4v) is 3.19. The Morgan fingerprint density at radius 1 is 1.32 bits per heavy atom. The molecular weight excluding hydrogens is 316 g/mol. The third-order valence-electron chi connectivity index (χ3n) is 4.39. The van der Waals surface area contributed by atoms with Crippen molar-refractivity contribution in [2.24, 2.45) is 0 Å². The fraction of sp³-hybridized carbons (Fsp3) is 0.278. The highest BCUT2D eigenvalue weighted by molar-refractivity contribution is 5.96. The van der Waals surface area contributed by atoms with Crippen molar-refractivity contribution in [3.63, 3.8) is 0 Å². The summed E-state index contributed by atoms with van der Waals surface area (Å²) in [6.45, 7) is 4.03. The van der Waals surface area contributed by atoms with Crippen molar-refractivity contribution in [1.82, 2.24) is 20.5 Å². The molecule has 2 aromatic heterocycles. The number of nitrogens with one attached hydrogen (secondary N) is 4. The van der Waals surface area contributed by atoms with Crippen molar-refractivity contribution in [3.8, 4) is 0 Å². The lowest BCUT2D eigenvalue weighted by atomic mass is 10.0. The van der Waals surface area contributed by atoms with Gasteiger partial charge < -0.3 is 10.6 Å². The van der Waals surface area contributed by atoms with Crippen LogP contribution < -0.4 is 16.0 Å². The van der Waals surface area contributed by atoms with Crippen LogP contribution in [0.15, 0.2) is 36.4 Å². The molecule has 1 aliphatic rings. The first kappa shape index (κ1) is 15.4. The molecule has 0 radical (unpaired) electrons. The highest BCUT2D eigenvalue weighted by atomic mass is 16.2. The summed E-state index contributed by atoms with van der Waals surface area (Å²) < 4.78 is 0. The number of H-pyrrole nitrogens is 1. The normalized spacial score (nSPS) is 17.0. The molecule has 0 unspecified atom stereocenters. The third-order valence-corrected chi connectivity index (χ3v) is 4.39. The van der Waals surface area contributed by atoms with E-state index in [1.54, 1.807) is 6.07 Å². The van der Waals surface area contributed by atoms with E-state index in [0.29, 0.717) is 5.82 Å². The second-order valence-electron chi connectivity index (χ2n) is 6.43. The van der Waals surface area contributed by atoms with E-state index in [1.807, 2.05) is 37.3 Å². The maximum Gasteiger partial charge on any atom is 0.320 e. The molecule has 2 atom stereocenters. The predicted molar refractivity (Wildman–Crippen MR) is 97.7 cm³/mol. The molecule has 3 aromatic rings. The van der Waals surface area contributed by atoms with Gasteiger partial charge in [-0.25, -0.2) is 9.78 Å². The Hall–Kier alpha value is -3.09. The Morgan fingerprint density at radius 2 is 2.12 bits per heavy atom. The minimum Gasteiger partial charge on any atom is -0.365 e. The van der Waals surface area contributed by atoms with Crippen molar-refractivity contribution in [1.29, 1.82) is 0 Å². The topological polar surface area (TPSA) is 94.7 Å². The summed E-state index contributed by atoms with van der Waals surface area (Å²) >= 11 is 0. The number of urea groups is 1. The van der Waals surface area contributed by atoms with Gasteiger partial charge in [0.05, 0.1) is 22.6 Å². The number of pyridine rings is 1. The van der Waals surface area contributed by atoms with Crippen LogP contribution in [0.3, 0.4) is 0 Å². The zero-order valence-electron chi connectivity index (χ0n) is 14.1. The van der Waals surface area contributed by atoms with E-state index in [1.165, 1.54) is 0 Å². The van der Waals surface area contributed by atoms with Crippen LogP contribution in [0.4, 0.5) is 16.4 Å². The lowest BCUT2D eigenvalue weighted by Gasteiger charge is -2.20. The van der Waals surface area contributed by atoms with E-state index in [0.717, 1.165) is 34.4 Å². The van der Waals surface area contributed by atoms with Gasteiger partial charge in [0.1, 0.15) is 5.82 Å². The maximum atomic E-state index is 12.3. The van der Waals surface area contributed by atoms with Crippen LogP contribution in [0.5, 0.6) is 0 Å². The molecule has 3 heterocycles. The number of aromatic amines is 1. The predicted octanol–water partition coefficient (Wildman–Crippen LogP) is 3.20. The van der Waals surface area contributed by atoms with E-state index in [4.69, 9.17) is 0 Å². The lowest BCUT2D eigenvalue weighted by molar-refractivity contribution is 0.249. The van der Waals surface area contributed by atoms with Crippen LogP contribution >= 0.6 is 0 Å². The van der Waals surface area contributed by atoms with Gasteiger partial charge in [0.15, 0.2) is 5.82 Å². The van der Waals surface area contributed by atoms with E-state index in [-0.39, 0.29) is 18.1 Å². The SMILES string of the molecule is C[C@H](NC(=O)Nc1cc2[nH]nc3c2c(n1)C[C@H](C)N3)c1ccccc1. The summed E-state index contributed by atoms with van der Waals surface area (Å²) in [5.41, 5.74) is 2.86. The number of rotatable bonds is 3. The monoisotopic (exact) mass is 336 g/mol. The van der Waals surface area contributed by atoms with E-state index in [9.17, 15) is 4.79 Å². The summed E-state index contributed by atoms with van der Waals surface area (Å²) in [6.07, 6.45) is 0.792. The summed E-state index contributed by atoms with van der Waals surface area (Å²) in [4.78, 5) is 16.9.